The first-order chi connectivity index (χ1) is 10.4. The van der Waals surface area contributed by atoms with E-state index in [-0.39, 0.29) is 5.78 Å². The van der Waals surface area contributed by atoms with E-state index in [2.05, 4.69) is 9.97 Å². The molecular formula is C16H17N3O3. The summed E-state index contributed by atoms with van der Waals surface area (Å²) in [5.41, 5.74) is 1.90. The number of carbonyl (C=O) groups excluding carboxylic acids is 2. The third-order valence-electron chi connectivity index (χ3n) is 3.71. The molecule has 6 heteroatoms. The highest BCUT2D eigenvalue weighted by Gasteiger charge is 2.42. The Bertz CT molecular complexity index is 731. The van der Waals surface area contributed by atoms with Crippen LogP contribution in [0.5, 0.6) is 0 Å². The second-order valence-electron chi connectivity index (χ2n) is 5.96. The molecule has 0 saturated carbocycles. The third-order valence-corrected chi connectivity index (χ3v) is 3.71. The van der Waals surface area contributed by atoms with Crippen LogP contribution < -0.4 is 4.90 Å². The Labute approximate surface area is 128 Å². The third kappa shape index (κ3) is 2.36. The molecule has 1 aliphatic heterocycles. The van der Waals surface area contributed by atoms with Crippen LogP contribution in [0.4, 0.5) is 10.7 Å². The van der Waals surface area contributed by atoms with Crippen LogP contribution in [0.25, 0.3) is 11.3 Å². The minimum absolute atomic E-state index is 0.0263. The number of imidazole rings is 1. The van der Waals surface area contributed by atoms with Gasteiger partial charge in [0.25, 0.3) is 0 Å². The Balaban J connectivity index is 1.91. The van der Waals surface area contributed by atoms with Gasteiger partial charge < -0.3 is 9.72 Å². The molecule has 0 unspecified atom stereocenters. The molecule has 0 aliphatic carbocycles. The zero-order valence-electron chi connectivity index (χ0n) is 12.7. The molecule has 22 heavy (non-hydrogen) atoms. The largest absolute Gasteiger partial charge is 0.447 e. The van der Waals surface area contributed by atoms with Crippen LogP contribution in [0.1, 0.15) is 31.1 Å². The first-order valence-electron chi connectivity index (χ1n) is 7.02. The zero-order chi connectivity index (χ0) is 15.9. The van der Waals surface area contributed by atoms with Gasteiger partial charge in [-0.05, 0) is 26.3 Å². The van der Waals surface area contributed by atoms with Crippen LogP contribution in [0.15, 0.2) is 30.5 Å². The first-order valence-corrected chi connectivity index (χ1v) is 7.02. The van der Waals surface area contributed by atoms with Gasteiger partial charge in [-0.3, -0.25) is 4.79 Å². The van der Waals surface area contributed by atoms with Crippen LogP contribution in [-0.4, -0.2) is 34.0 Å². The van der Waals surface area contributed by atoms with Crippen LogP contribution in [0.2, 0.25) is 0 Å². The average molecular weight is 299 g/mol. The number of hydrogen-bond donors (Lipinski definition) is 1. The summed E-state index contributed by atoms with van der Waals surface area (Å²) in [5.74, 6) is 0.483. The fourth-order valence-electron chi connectivity index (χ4n) is 2.44. The fraction of sp³-hybridized carbons (Fsp3) is 0.312. The molecule has 114 valence electrons. The number of ketones is 1. The molecule has 0 atom stereocenters. The lowest BCUT2D eigenvalue weighted by Crippen LogP contribution is -2.42. The van der Waals surface area contributed by atoms with Crippen molar-refractivity contribution in [2.75, 3.05) is 11.5 Å². The van der Waals surface area contributed by atoms with Gasteiger partial charge in [0.05, 0.1) is 17.4 Å². The number of benzene rings is 1. The van der Waals surface area contributed by atoms with E-state index in [1.165, 1.54) is 11.8 Å². The first kappa shape index (κ1) is 14.3. The van der Waals surface area contributed by atoms with E-state index in [9.17, 15) is 9.59 Å². The molecule has 0 radical (unpaired) electrons. The summed E-state index contributed by atoms with van der Waals surface area (Å²) in [5, 5.41) is 0. The van der Waals surface area contributed by atoms with E-state index in [1.807, 2.05) is 26.0 Å². The Morgan fingerprint density at radius 2 is 2.00 bits per heavy atom. The monoisotopic (exact) mass is 299 g/mol. The topological polar surface area (TPSA) is 75.3 Å². The number of hydrogen-bond acceptors (Lipinski definition) is 4. The minimum atomic E-state index is -0.440. The molecule has 1 amide bonds. The second-order valence-corrected chi connectivity index (χ2v) is 5.96. The van der Waals surface area contributed by atoms with Crippen molar-refractivity contribution in [3.05, 3.63) is 36.0 Å². The summed E-state index contributed by atoms with van der Waals surface area (Å²) in [6, 6.07) is 7.24. The SMILES string of the molecule is CC(=O)c1ccc(-c2cnc(N3C(=O)OCC3(C)C)[nH]2)cc1. The van der Waals surface area contributed by atoms with Crippen LogP contribution in [-0.2, 0) is 4.74 Å². The molecule has 0 spiro atoms. The number of nitrogens with one attached hydrogen (secondary N) is 1. The zero-order valence-corrected chi connectivity index (χ0v) is 12.7. The number of aromatic nitrogens is 2. The number of ether oxygens (including phenoxy) is 1. The molecule has 2 aromatic rings. The molecule has 2 heterocycles. The molecule has 1 aliphatic rings. The molecular weight excluding hydrogens is 282 g/mol. The second kappa shape index (κ2) is 4.98. The van der Waals surface area contributed by atoms with Gasteiger partial charge >= 0.3 is 6.09 Å². The molecule has 0 bridgehead atoms. The lowest BCUT2D eigenvalue weighted by atomic mass is 10.1. The predicted molar refractivity (Wildman–Crippen MR) is 81.9 cm³/mol. The molecule has 1 saturated heterocycles. The summed E-state index contributed by atoms with van der Waals surface area (Å²) in [4.78, 5) is 32.1. The molecule has 1 aromatic heterocycles. The van der Waals surface area contributed by atoms with Gasteiger partial charge in [-0.1, -0.05) is 24.3 Å². The Morgan fingerprint density at radius 3 is 2.55 bits per heavy atom. The number of H-pyrrole nitrogens is 1. The van der Waals surface area contributed by atoms with E-state index in [1.54, 1.807) is 18.3 Å². The van der Waals surface area contributed by atoms with Gasteiger partial charge in [-0.15, -0.1) is 0 Å². The predicted octanol–water partition coefficient (Wildman–Crippen LogP) is 3.01. The number of carbonyl (C=O) groups is 2. The number of nitrogens with zero attached hydrogens (tertiary/aromatic N) is 2. The Morgan fingerprint density at radius 1 is 1.32 bits per heavy atom. The Hall–Kier alpha value is -2.63. The quantitative estimate of drug-likeness (QED) is 0.884. The molecule has 6 nitrogen and oxygen atoms in total. The minimum Gasteiger partial charge on any atom is -0.447 e. The van der Waals surface area contributed by atoms with E-state index >= 15 is 0 Å². The molecule has 1 N–H and O–H groups in total. The van der Waals surface area contributed by atoms with Crippen molar-refractivity contribution in [2.45, 2.75) is 26.3 Å². The molecule has 3 rings (SSSR count). The maximum atomic E-state index is 11.9. The van der Waals surface area contributed by atoms with E-state index < -0.39 is 11.6 Å². The van der Waals surface area contributed by atoms with Gasteiger partial charge in [0, 0.05) is 5.56 Å². The lowest BCUT2D eigenvalue weighted by Gasteiger charge is -2.24. The normalized spacial score (nSPS) is 16.7. The van der Waals surface area contributed by atoms with Gasteiger partial charge in [0.15, 0.2) is 5.78 Å². The van der Waals surface area contributed by atoms with Crippen molar-refractivity contribution in [1.29, 1.82) is 0 Å². The summed E-state index contributed by atoms with van der Waals surface area (Å²) < 4.78 is 5.08. The maximum absolute atomic E-state index is 11.9. The van der Waals surface area contributed by atoms with Gasteiger partial charge in [0.1, 0.15) is 6.61 Å². The number of rotatable bonds is 3. The summed E-state index contributed by atoms with van der Waals surface area (Å²) in [6.07, 6.45) is 1.26. The van der Waals surface area contributed by atoms with Crippen LogP contribution >= 0.6 is 0 Å². The Kier molecular flexibility index (Phi) is 3.24. The van der Waals surface area contributed by atoms with E-state index in [0.717, 1.165) is 11.3 Å². The number of anilines is 1. The van der Waals surface area contributed by atoms with Crippen molar-refractivity contribution in [2.24, 2.45) is 0 Å². The van der Waals surface area contributed by atoms with E-state index in [4.69, 9.17) is 4.74 Å². The standard InChI is InChI=1S/C16H17N3O3/c1-10(20)11-4-6-12(7-5-11)13-8-17-14(18-13)19-15(21)22-9-16(19,2)3/h4-8H,9H2,1-3H3,(H,17,18). The van der Waals surface area contributed by atoms with Crippen molar-refractivity contribution < 1.29 is 14.3 Å². The van der Waals surface area contributed by atoms with Gasteiger partial charge in [-0.2, -0.15) is 0 Å². The van der Waals surface area contributed by atoms with E-state index in [0.29, 0.717) is 18.1 Å². The lowest BCUT2D eigenvalue weighted by molar-refractivity contribution is 0.101. The summed E-state index contributed by atoms with van der Waals surface area (Å²) in [6.45, 7) is 5.70. The van der Waals surface area contributed by atoms with Crippen molar-refractivity contribution in [1.82, 2.24) is 9.97 Å². The maximum Gasteiger partial charge on any atom is 0.417 e. The van der Waals surface area contributed by atoms with Crippen LogP contribution in [0, 0.1) is 0 Å². The van der Waals surface area contributed by atoms with Gasteiger partial charge in [0.2, 0.25) is 5.95 Å². The van der Waals surface area contributed by atoms with Crippen LogP contribution in [0.3, 0.4) is 0 Å². The van der Waals surface area contributed by atoms with Crippen molar-refractivity contribution in [3.8, 4) is 11.3 Å². The fourth-order valence-corrected chi connectivity index (χ4v) is 2.44. The highest BCUT2D eigenvalue weighted by atomic mass is 16.6. The average Bonchev–Trinajstić information content (AvgIpc) is 3.04. The molecule has 1 fully saturated rings. The highest BCUT2D eigenvalue weighted by Crippen LogP contribution is 2.30. The number of Topliss-reactive ketones (excluding diaryl/α,β-unsaturated/α-hetero) is 1. The van der Waals surface area contributed by atoms with Gasteiger partial charge in [-0.25, -0.2) is 14.7 Å². The molecule has 1 aromatic carbocycles. The number of aromatic amines is 1. The number of amides is 1. The van der Waals surface area contributed by atoms with Crippen molar-refractivity contribution in [3.63, 3.8) is 0 Å². The summed E-state index contributed by atoms with van der Waals surface area (Å²) >= 11 is 0. The number of cyclic esters (lactones) is 1. The summed E-state index contributed by atoms with van der Waals surface area (Å²) in [7, 11) is 0. The smallest absolute Gasteiger partial charge is 0.417 e. The highest BCUT2D eigenvalue weighted by molar-refractivity contribution is 5.94. The van der Waals surface area contributed by atoms with Crippen molar-refractivity contribution >= 4 is 17.8 Å².